The van der Waals surface area contributed by atoms with Gasteiger partial charge >= 0.3 is 5.97 Å². The highest BCUT2D eigenvalue weighted by atomic mass is 79.9. The molecule has 0 aromatic carbocycles. The first-order valence-corrected chi connectivity index (χ1v) is 4.89. The van der Waals surface area contributed by atoms with E-state index >= 15 is 0 Å². The number of hydrogen-bond acceptors (Lipinski definition) is 4. The summed E-state index contributed by atoms with van der Waals surface area (Å²) in [4.78, 5) is 19.4. The van der Waals surface area contributed by atoms with Gasteiger partial charge in [-0.15, -0.1) is 0 Å². The zero-order chi connectivity index (χ0) is 9.23. The van der Waals surface area contributed by atoms with Crippen molar-refractivity contribution in [3.8, 4) is 0 Å². The van der Waals surface area contributed by atoms with Crippen LogP contribution in [0.1, 0.15) is 13.3 Å². The molecule has 0 rings (SSSR count). The maximum absolute atomic E-state index is 10.5. The van der Waals surface area contributed by atoms with E-state index in [1.54, 1.807) is 6.92 Å². The van der Waals surface area contributed by atoms with E-state index in [0.29, 0.717) is 19.6 Å². The molecule has 0 aliphatic carbocycles. The Hall–Kier alpha value is -0.130. The molecule has 0 aliphatic rings. The second-order valence-electron chi connectivity index (χ2n) is 1.93. The van der Waals surface area contributed by atoms with Gasteiger partial charge in [0.1, 0.15) is 6.61 Å². The SMILES string of the molecule is CCC(=O)OOCCOCCBr. The Morgan fingerprint density at radius 3 is 2.67 bits per heavy atom. The van der Waals surface area contributed by atoms with Gasteiger partial charge in [-0.1, -0.05) is 22.9 Å². The number of carbonyl (C=O) groups is 1. The minimum atomic E-state index is -0.365. The number of carbonyl (C=O) groups excluding carboxylic acids is 1. The van der Waals surface area contributed by atoms with Gasteiger partial charge < -0.3 is 4.74 Å². The van der Waals surface area contributed by atoms with E-state index in [9.17, 15) is 4.79 Å². The standard InChI is InChI=1S/C7H13BrO4/c1-2-7(9)12-11-6-5-10-4-3-8/h2-6H2,1H3. The molecule has 0 spiro atoms. The van der Waals surface area contributed by atoms with Crippen molar-refractivity contribution >= 4 is 21.9 Å². The van der Waals surface area contributed by atoms with Crippen LogP contribution in [-0.4, -0.2) is 31.1 Å². The highest BCUT2D eigenvalue weighted by molar-refractivity contribution is 9.09. The van der Waals surface area contributed by atoms with Gasteiger partial charge in [0, 0.05) is 11.8 Å². The van der Waals surface area contributed by atoms with E-state index in [0.717, 1.165) is 5.33 Å². The van der Waals surface area contributed by atoms with E-state index in [4.69, 9.17) is 4.74 Å². The molecule has 12 heavy (non-hydrogen) atoms. The Kier molecular flexibility index (Phi) is 8.86. The Morgan fingerprint density at radius 2 is 2.08 bits per heavy atom. The zero-order valence-electron chi connectivity index (χ0n) is 7.05. The van der Waals surface area contributed by atoms with Gasteiger partial charge in [0.25, 0.3) is 0 Å². The highest BCUT2D eigenvalue weighted by Crippen LogP contribution is 1.87. The van der Waals surface area contributed by atoms with E-state index in [1.165, 1.54) is 0 Å². The lowest BCUT2D eigenvalue weighted by Gasteiger charge is -2.02. The number of halogens is 1. The number of hydrogen-bond donors (Lipinski definition) is 0. The zero-order valence-corrected chi connectivity index (χ0v) is 8.63. The summed E-state index contributed by atoms with van der Waals surface area (Å²) in [7, 11) is 0. The molecule has 0 unspecified atom stereocenters. The average molecular weight is 241 g/mol. The van der Waals surface area contributed by atoms with Gasteiger partial charge in [0.15, 0.2) is 0 Å². The summed E-state index contributed by atoms with van der Waals surface area (Å²) in [5.74, 6) is -0.365. The lowest BCUT2D eigenvalue weighted by molar-refractivity contribution is -0.276. The molecule has 0 amide bonds. The molecule has 0 aromatic rings. The van der Waals surface area contributed by atoms with Crippen molar-refractivity contribution in [3.63, 3.8) is 0 Å². The summed E-state index contributed by atoms with van der Waals surface area (Å²) < 4.78 is 5.04. The van der Waals surface area contributed by atoms with Crippen LogP contribution in [0, 0.1) is 0 Å². The number of ether oxygens (including phenoxy) is 1. The van der Waals surface area contributed by atoms with E-state index in [1.807, 2.05) is 0 Å². The Balaban J connectivity index is 2.95. The van der Waals surface area contributed by atoms with Crippen molar-refractivity contribution < 1.29 is 19.3 Å². The van der Waals surface area contributed by atoms with Crippen LogP contribution in [0.5, 0.6) is 0 Å². The number of rotatable bonds is 7. The molecule has 5 heteroatoms. The summed E-state index contributed by atoms with van der Waals surface area (Å²) >= 11 is 3.20. The van der Waals surface area contributed by atoms with Crippen molar-refractivity contribution in [1.29, 1.82) is 0 Å². The number of alkyl halides is 1. The van der Waals surface area contributed by atoms with E-state index in [2.05, 4.69) is 25.7 Å². The maximum atomic E-state index is 10.5. The minimum absolute atomic E-state index is 0.277. The molecule has 0 bridgehead atoms. The molecule has 72 valence electrons. The van der Waals surface area contributed by atoms with E-state index in [-0.39, 0.29) is 12.6 Å². The Bertz CT molecular complexity index is 118. The molecular weight excluding hydrogens is 228 g/mol. The van der Waals surface area contributed by atoms with Gasteiger partial charge in [0.05, 0.1) is 13.2 Å². The van der Waals surface area contributed by atoms with Crippen LogP contribution in [0.3, 0.4) is 0 Å². The fourth-order valence-electron chi connectivity index (χ4n) is 0.416. The smallest absolute Gasteiger partial charge is 0.342 e. The normalized spacial score (nSPS) is 9.83. The molecule has 4 nitrogen and oxygen atoms in total. The monoisotopic (exact) mass is 240 g/mol. The second-order valence-corrected chi connectivity index (χ2v) is 2.73. The fourth-order valence-corrected chi connectivity index (χ4v) is 0.645. The van der Waals surface area contributed by atoms with Crippen LogP contribution in [0.4, 0.5) is 0 Å². The van der Waals surface area contributed by atoms with Crippen LogP contribution in [0.15, 0.2) is 0 Å². The van der Waals surface area contributed by atoms with Crippen LogP contribution in [0.2, 0.25) is 0 Å². The summed E-state index contributed by atoms with van der Waals surface area (Å²) in [6.07, 6.45) is 0.322. The lowest BCUT2D eigenvalue weighted by Crippen LogP contribution is -2.09. The van der Waals surface area contributed by atoms with Crippen molar-refractivity contribution in [3.05, 3.63) is 0 Å². The van der Waals surface area contributed by atoms with Gasteiger partial charge in [-0.3, -0.25) is 4.89 Å². The largest absolute Gasteiger partial charge is 0.378 e. The van der Waals surface area contributed by atoms with Gasteiger partial charge in [-0.2, -0.15) is 4.89 Å². The molecule has 0 heterocycles. The summed E-state index contributed by atoms with van der Waals surface area (Å²) in [6, 6.07) is 0. The van der Waals surface area contributed by atoms with Crippen molar-refractivity contribution in [2.75, 3.05) is 25.2 Å². The molecule has 0 radical (unpaired) electrons. The lowest BCUT2D eigenvalue weighted by atomic mass is 10.5. The second kappa shape index (κ2) is 8.96. The molecule has 0 N–H and O–H groups in total. The Morgan fingerprint density at radius 1 is 1.33 bits per heavy atom. The van der Waals surface area contributed by atoms with Crippen LogP contribution < -0.4 is 0 Å². The van der Waals surface area contributed by atoms with Gasteiger partial charge in [-0.05, 0) is 0 Å². The summed E-state index contributed by atoms with van der Waals surface area (Å²) in [5.41, 5.74) is 0. The first kappa shape index (κ1) is 11.9. The van der Waals surface area contributed by atoms with Crippen molar-refractivity contribution in [2.24, 2.45) is 0 Å². The molecule has 0 aliphatic heterocycles. The topological polar surface area (TPSA) is 44.8 Å². The molecule has 0 saturated carbocycles. The molecular formula is C7H13BrO4. The van der Waals surface area contributed by atoms with Crippen LogP contribution in [-0.2, 0) is 19.3 Å². The van der Waals surface area contributed by atoms with Crippen LogP contribution in [0.25, 0.3) is 0 Å². The average Bonchev–Trinajstić information content (AvgIpc) is 2.10. The van der Waals surface area contributed by atoms with E-state index < -0.39 is 0 Å². The van der Waals surface area contributed by atoms with Crippen molar-refractivity contribution in [1.82, 2.24) is 0 Å². The third-order valence-electron chi connectivity index (χ3n) is 0.973. The fraction of sp³-hybridized carbons (Fsp3) is 0.857. The molecule has 0 fully saturated rings. The Labute approximate surface area is 80.2 Å². The highest BCUT2D eigenvalue weighted by Gasteiger charge is 1.97. The van der Waals surface area contributed by atoms with Gasteiger partial charge in [-0.25, -0.2) is 4.79 Å². The molecule has 0 atom stereocenters. The summed E-state index contributed by atoms with van der Waals surface area (Å²) in [5, 5.41) is 0.793. The first-order chi connectivity index (χ1) is 5.81. The molecule has 0 aromatic heterocycles. The minimum Gasteiger partial charge on any atom is -0.378 e. The van der Waals surface area contributed by atoms with Gasteiger partial charge in [0.2, 0.25) is 0 Å². The predicted octanol–water partition coefficient (Wildman–Crippen LogP) is 1.28. The summed E-state index contributed by atoms with van der Waals surface area (Å²) in [6.45, 7) is 3.04. The first-order valence-electron chi connectivity index (χ1n) is 3.77. The maximum Gasteiger partial charge on any atom is 0.342 e. The predicted molar refractivity (Wildman–Crippen MR) is 46.9 cm³/mol. The molecule has 0 saturated heterocycles. The third kappa shape index (κ3) is 7.97. The van der Waals surface area contributed by atoms with Crippen molar-refractivity contribution in [2.45, 2.75) is 13.3 Å². The quantitative estimate of drug-likeness (QED) is 0.291. The third-order valence-corrected chi connectivity index (χ3v) is 1.30. The van der Waals surface area contributed by atoms with Crippen LogP contribution >= 0.6 is 15.9 Å².